The fraction of sp³-hybridized carbons (Fsp3) is 0.188. The fourth-order valence-electron chi connectivity index (χ4n) is 5.64. The minimum atomic E-state index is -1.09. The number of aromatic nitrogens is 5. The SMILES string of the molecule is COC(=O)C1(n2cc(-c3nc4ccccc4s3)nn2)CCN(C(=O)c2cc(-c3ccc(Cl)cc3)nc3ccccc23)CC1. The van der Waals surface area contributed by atoms with E-state index in [1.807, 2.05) is 66.7 Å². The molecule has 1 aliphatic heterocycles. The number of hydrogen-bond acceptors (Lipinski definition) is 8. The maximum atomic E-state index is 14.0. The second-order valence-electron chi connectivity index (χ2n) is 10.4. The predicted molar refractivity (Wildman–Crippen MR) is 166 cm³/mol. The van der Waals surface area contributed by atoms with Crippen LogP contribution in [0.4, 0.5) is 0 Å². The molecule has 0 unspecified atom stereocenters. The lowest BCUT2D eigenvalue weighted by Crippen LogP contribution is -2.53. The van der Waals surface area contributed by atoms with Gasteiger partial charge in [0.15, 0.2) is 5.54 Å². The van der Waals surface area contributed by atoms with Crippen molar-refractivity contribution in [2.24, 2.45) is 0 Å². The highest BCUT2D eigenvalue weighted by atomic mass is 35.5. The topological polar surface area (TPSA) is 103 Å². The number of para-hydroxylation sites is 2. The molecule has 0 aliphatic carbocycles. The molecule has 43 heavy (non-hydrogen) atoms. The van der Waals surface area contributed by atoms with Crippen molar-refractivity contribution < 1.29 is 14.3 Å². The van der Waals surface area contributed by atoms with E-state index in [4.69, 9.17) is 21.3 Å². The first-order valence-corrected chi connectivity index (χ1v) is 15.0. The zero-order valence-electron chi connectivity index (χ0n) is 23.1. The minimum Gasteiger partial charge on any atom is -0.467 e. The number of fused-ring (bicyclic) bond motifs is 2. The number of carbonyl (C=O) groups is 2. The van der Waals surface area contributed by atoms with Crippen LogP contribution in [0.5, 0.6) is 0 Å². The van der Waals surface area contributed by atoms with Crippen molar-refractivity contribution >= 4 is 55.9 Å². The molecule has 214 valence electrons. The van der Waals surface area contributed by atoms with Crippen molar-refractivity contribution in [3.63, 3.8) is 0 Å². The molecule has 0 N–H and O–H groups in total. The van der Waals surface area contributed by atoms with E-state index in [1.54, 1.807) is 27.9 Å². The lowest BCUT2D eigenvalue weighted by molar-refractivity contribution is -0.154. The lowest BCUT2D eigenvalue weighted by atomic mass is 9.87. The third kappa shape index (κ3) is 4.82. The van der Waals surface area contributed by atoms with Gasteiger partial charge in [0.2, 0.25) is 0 Å². The summed E-state index contributed by atoms with van der Waals surface area (Å²) in [5.74, 6) is -0.541. The number of amides is 1. The van der Waals surface area contributed by atoms with Crippen LogP contribution in [0.15, 0.2) is 85.1 Å². The summed E-state index contributed by atoms with van der Waals surface area (Å²) in [7, 11) is 1.37. The number of nitrogens with zero attached hydrogens (tertiary/aromatic N) is 6. The first-order chi connectivity index (χ1) is 20.9. The van der Waals surface area contributed by atoms with Gasteiger partial charge in [0.25, 0.3) is 5.91 Å². The predicted octanol–water partition coefficient (Wildman–Crippen LogP) is 6.23. The Morgan fingerprint density at radius 3 is 2.37 bits per heavy atom. The number of likely N-dealkylation sites (tertiary alicyclic amines) is 1. The maximum absolute atomic E-state index is 14.0. The van der Waals surface area contributed by atoms with E-state index in [0.29, 0.717) is 47.9 Å². The van der Waals surface area contributed by atoms with Gasteiger partial charge in [-0.2, -0.15) is 0 Å². The van der Waals surface area contributed by atoms with E-state index < -0.39 is 11.5 Å². The van der Waals surface area contributed by atoms with E-state index in [-0.39, 0.29) is 5.91 Å². The van der Waals surface area contributed by atoms with Crippen molar-refractivity contribution in [3.8, 4) is 22.0 Å². The van der Waals surface area contributed by atoms with Crippen molar-refractivity contribution in [1.29, 1.82) is 0 Å². The molecule has 0 atom stereocenters. The number of halogens is 1. The van der Waals surface area contributed by atoms with Crippen LogP contribution >= 0.6 is 22.9 Å². The third-order valence-electron chi connectivity index (χ3n) is 7.97. The highest BCUT2D eigenvalue weighted by molar-refractivity contribution is 7.21. The first-order valence-electron chi connectivity index (χ1n) is 13.8. The average Bonchev–Trinajstić information content (AvgIpc) is 3.72. The van der Waals surface area contributed by atoms with Crippen LogP contribution in [0.3, 0.4) is 0 Å². The molecule has 0 bridgehead atoms. The van der Waals surface area contributed by atoms with Gasteiger partial charge in [0, 0.05) is 41.9 Å². The number of esters is 1. The Hall–Kier alpha value is -4.67. The van der Waals surface area contributed by atoms with Gasteiger partial charge in [-0.3, -0.25) is 4.79 Å². The standard InChI is InChI=1S/C32H25ClN6O3S/c1-42-31(41)32(39-19-27(36-37-39)29-35-25-8-4-5-9-28(25)43-29)14-16-38(17-15-32)30(40)23-18-26(20-10-12-21(33)13-11-20)34-24-7-3-2-6-22(23)24/h2-13,18-19H,14-17H2,1H3. The van der Waals surface area contributed by atoms with Gasteiger partial charge in [-0.1, -0.05) is 59.3 Å². The molecule has 0 saturated carbocycles. The molecule has 1 fully saturated rings. The molecular weight excluding hydrogens is 584 g/mol. The van der Waals surface area contributed by atoms with Gasteiger partial charge < -0.3 is 9.64 Å². The van der Waals surface area contributed by atoms with E-state index in [1.165, 1.54) is 18.4 Å². The second kappa shape index (κ2) is 10.9. The van der Waals surface area contributed by atoms with E-state index in [9.17, 15) is 9.59 Å². The number of pyridine rings is 1. The molecule has 3 aromatic heterocycles. The summed E-state index contributed by atoms with van der Waals surface area (Å²) >= 11 is 7.62. The zero-order valence-corrected chi connectivity index (χ0v) is 24.7. The van der Waals surface area contributed by atoms with Gasteiger partial charge in [-0.25, -0.2) is 19.4 Å². The van der Waals surface area contributed by atoms with Gasteiger partial charge in [0.1, 0.15) is 10.7 Å². The van der Waals surface area contributed by atoms with Crippen molar-refractivity contribution in [2.75, 3.05) is 20.2 Å². The molecular formula is C32H25ClN6O3S. The molecule has 0 radical (unpaired) electrons. The Kier molecular flexibility index (Phi) is 6.87. The summed E-state index contributed by atoms with van der Waals surface area (Å²) in [5, 5.41) is 10.8. The van der Waals surface area contributed by atoms with Crippen LogP contribution in [-0.4, -0.2) is 61.9 Å². The van der Waals surface area contributed by atoms with Gasteiger partial charge in [-0.15, -0.1) is 16.4 Å². The molecule has 1 amide bonds. The normalized spacial score (nSPS) is 14.7. The van der Waals surface area contributed by atoms with Gasteiger partial charge in [0.05, 0.1) is 40.3 Å². The van der Waals surface area contributed by atoms with Crippen LogP contribution < -0.4 is 0 Å². The third-order valence-corrected chi connectivity index (χ3v) is 9.29. The molecule has 9 nitrogen and oxygen atoms in total. The average molecular weight is 609 g/mol. The Morgan fingerprint density at radius 1 is 0.907 bits per heavy atom. The summed E-state index contributed by atoms with van der Waals surface area (Å²) in [6, 6.07) is 24.7. The lowest BCUT2D eigenvalue weighted by Gasteiger charge is -2.39. The van der Waals surface area contributed by atoms with Crippen LogP contribution in [-0.2, 0) is 15.1 Å². The Morgan fingerprint density at radius 2 is 1.63 bits per heavy atom. The smallest absolute Gasteiger partial charge is 0.334 e. The zero-order chi connectivity index (χ0) is 29.6. The molecule has 1 saturated heterocycles. The van der Waals surface area contributed by atoms with E-state index >= 15 is 0 Å². The number of hydrogen-bond donors (Lipinski definition) is 0. The number of thiazole rings is 1. The van der Waals surface area contributed by atoms with Crippen molar-refractivity contribution in [3.05, 3.63) is 95.6 Å². The molecule has 11 heteroatoms. The van der Waals surface area contributed by atoms with Crippen molar-refractivity contribution in [2.45, 2.75) is 18.4 Å². The molecule has 0 spiro atoms. The highest BCUT2D eigenvalue weighted by Gasteiger charge is 2.46. The summed E-state index contributed by atoms with van der Waals surface area (Å²) in [6.45, 7) is 0.661. The van der Waals surface area contributed by atoms with E-state index in [0.717, 1.165) is 31.7 Å². The molecule has 6 aromatic rings. The number of piperidine rings is 1. The maximum Gasteiger partial charge on any atom is 0.334 e. The molecule has 4 heterocycles. The molecule has 1 aliphatic rings. The first kappa shape index (κ1) is 27.2. The van der Waals surface area contributed by atoms with E-state index in [2.05, 4.69) is 15.3 Å². The van der Waals surface area contributed by atoms with Crippen LogP contribution in [0.25, 0.3) is 43.1 Å². The number of methoxy groups -OCH3 is 1. The summed E-state index contributed by atoms with van der Waals surface area (Å²) in [5.41, 5.74) is 3.20. The van der Waals surface area contributed by atoms with Crippen molar-refractivity contribution in [1.82, 2.24) is 29.9 Å². The second-order valence-corrected chi connectivity index (χ2v) is 11.9. The van der Waals surface area contributed by atoms with Gasteiger partial charge >= 0.3 is 5.97 Å². The molecule has 3 aromatic carbocycles. The number of rotatable bonds is 5. The Bertz CT molecular complexity index is 1960. The summed E-state index contributed by atoms with van der Waals surface area (Å²) in [4.78, 5) is 38.6. The van der Waals surface area contributed by atoms with Crippen LogP contribution in [0, 0.1) is 0 Å². The Labute approximate surface area is 255 Å². The number of benzene rings is 3. The highest BCUT2D eigenvalue weighted by Crippen LogP contribution is 2.35. The number of carbonyl (C=O) groups excluding carboxylic acids is 2. The number of ether oxygens (including phenoxy) is 1. The summed E-state index contributed by atoms with van der Waals surface area (Å²) in [6.07, 6.45) is 2.39. The minimum absolute atomic E-state index is 0.124. The van der Waals surface area contributed by atoms with Crippen LogP contribution in [0.1, 0.15) is 23.2 Å². The quantitative estimate of drug-likeness (QED) is 0.214. The summed E-state index contributed by atoms with van der Waals surface area (Å²) < 4.78 is 7.89. The Balaban J connectivity index is 1.18. The van der Waals surface area contributed by atoms with Crippen LogP contribution in [0.2, 0.25) is 5.02 Å². The fourth-order valence-corrected chi connectivity index (χ4v) is 6.68. The largest absolute Gasteiger partial charge is 0.467 e. The monoisotopic (exact) mass is 608 g/mol. The molecule has 7 rings (SSSR count). The van der Waals surface area contributed by atoms with Gasteiger partial charge in [-0.05, 0) is 36.4 Å².